The van der Waals surface area contributed by atoms with Crippen LogP contribution in [0.4, 0.5) is 5.69 Å². The molecule has 0 saturated heterocycles. The van der Waals surface area contributed by atoms with Crippen molar-refractivity contribution in [1.29, 1.82) is 0 Å². The average molecular weight is 508 g/mol. The van der Waals surface area contributed by atoms with Crippen molar-refractivity contribution < 1.29 is 18.0 Å². The molecule has 0 heterocycles. The van der Waals surface area contributed by atoms with Crippen molar-refractivity contribution in [3.63, 3.8) is 0 Å². The molecular weight excluding hydrogens is 474 g/mol. The van der Waals surface area contributed by atoms with E-state index in [-0.39, 0.29) is 24.8 Å². The van der Waals surface area contributed by atoms with Crippen molar-refractivity contribution >= 4 is 39.1 Å². The summed E-state index contributed by atoms with van der Waals surface area (Å²) < 4.78 is 26.2. The van der Waals surface area contributed by atoms with Gasteiger partial charge in [-0.1, -0.05) is 47.5 Å². The number of amides is 2. The zero-order chi connectivity index (χ0) is 25.5. The first kappa shape index (κ1) is 27.7. The number of aryl methyl sites for hydroxylation is 1. The van der Waals surface area contributed by atoms with Crippen molar-refractivity contribution in [3.05, 3.63) is 64.2 Å². The predicted molar refractivity (Wildman–Crippen MR) is 137 cm³/mol. The van der Waals surface area contributed by atoms with Crippen molar-refractivity contribution in [3.8, 4) is 0 Å². The van der Waals surface area contributed by atoms with Crippen LogP contribution in [0.1, 0.15) is 43.4 Å². The van der Waals surface area contributed by atoms with Crippen molar-refractivity contribution in [2.24, 2.45) is 0 Å². The van der Waals surface area contributed by atoms with Crippen LogP contribution >= 0.6 is 11.6 Å². The normalized spacial score (nSPS) is 12.2. The van der Waals surface area contributed by atoms with E-state index in [4.69, 9.17) is 11.6 Å². The van der Waals surface area contributed by atoms with Crippen LogP contribution in [0.2, 0.25) is 5.02 Å². The largest absolute Gasteiger partial charge is 0.355 e. The van der Waals surface area contributed by atoms with Gasteiger partial charge in [-0.05, 0) is 57.4 Å². The first-order valence-electron chi connectivity index (χ1n) is 11.3. The highest BCUT2D eigenvalue weighted by Gasteiger charge is 2.26. The van der Waals surface area contributed by atoms with E-state index in [2.05, 4.69) is 5.32 Å². The summed E-state index contributed by atoms with van der Waals surface area (Å²) in [6.45, 7) is 8.16. The maximum Gasteiger partial charge on any atom is 0.242 e. The smallest absolute Gasteiger partial charge is 0.242 e. The molecule has 0 aromatic heterocycles. The number of halogens is 1. The first-order chi connectivity index (χ1) is 16.0. The van der Waals surface area contributed by atoms with Gasteiger partial charge in [0.15, 0.2) is 0 Å². The van der Waals surface area contributed by atoms with E-state index in [9.17, 15) is 18.0 Å². The van der Waals surface area contributed by atoms with Crippen LogP contribution in [0.15, 0.2) is 42.5 Å². The van der Waals surface area contributed by atoms with Crippen LogP contribution in [0.5, 0.6) is 0 Å². The molecule has 2 rings (SSSR count). The monoisotopic (exact) mass is 507 g/mol. The van der Waals surface area contributed by atoms with Crippen molar-refractivity contribution in [1.82, 2.24) is 10.2 Å². The number of anilines is 1. The maximum atomic E-state index is 13.2. The number of likely N-dealkylation sites (N-methyl/N-ethyl adjacent to an activating group) is 1. The molecule has 1 unspecified atom stereocenters. The van der Waals surface area contributed by atoms with Gasteiger partial charge in [-0.3, -0.25) is 13.9 Å². The van der Waals surface area contributed by atoms with Gasteiger partial charge in [-0.25, -0.2) is 8.42 Å². The molecule has 0 aliphatic carbocycles. The Hall–Kier alpha value is -2.58. The SMILES string of the molecule is CCNC(=O)C(C)N(Cc1cccc(C)c1)C(=O)CCCN(c1cccc(Cl)c1C)S(C)(=O)=O. The van der Waals surface area contributed by atoms with Crippen LogP contribution in [-0.2, 0) is 26.2 Å². The summed E-state index contributed by atoms with van der Waals surface area (Å²) in [7, 11) is -3.58. The minimum absolute atomic E-state index is 0.0984. The summed E-state index contributed by atoms with van der Waals surface area (Å²) in [5.41, 5.74) is 3.15. The lowest BCUT2D eigenvalue weighted by Gasteiger charge is -2.29. The van der Waals surface area contributed by atoms with Gasteiger partial charge in [0, 0.05) is 31.1 Å². The van der Waals surface area contributed by atoms with E-state index in [1.807, 2.05) is 38.1 Å². The molecule has 7 nitrogen and oxygen atoms in total. The molecule has 0 saturated carbocycles. The summed E-state index contributed by atoms with van der Waals surface area (Å²) in [5.74, 6) is -0.438. The second-order valence-electron chi connectivity index (χ2n) is 8.40. The lowest BCUT2D eigenvalue weighted by molar-refractivity contribution is -0.140. The molecular formula is C25H34ClN3O4S. The lowest BCUT2D eigenvalue weighted by Crippen LogP contribution is -2.47. The predicted octanol–water partition coefficient (Wildman–Crippen LogP) is 4.06. The van der Waals surface area contributed by atoms with Gasteiger partial charge in [0.05, 0.1) is 11.9 Å². The van der Waals surface area contributed by atoms with E-state index >= 15 is 0 Å². The van der Waals surface area contributed by atoms with Gasteiger partial charge in [0.2, 0.25) is 21.8 Å². The molecule has 0 bridgehead atoms. The van der Waals surface area contributed by atoms with Crippen LogP contribution in [0.3, 0.4) is 0 Å². The molecule has 2 aromatic carbocycles. The molecule has 0 aliphatic heterocycles. The molecule has 1 atom stereocenters. The topological polar surface area (TPSA) is 86.8 Å². The Morgan fingerprint density at radius 2 is 1.79 bits per heavy atom. The quantitative estimate of drug-likeness (QED) is 0.497. The standard InChI is InChI=1S/C25H34ClN3O4S/c1-6-27-25(31)20(4)28(17-21-11-7-10-18(2)16-21)24(30)14-9-15-29(34(5,32)33)23-13-8-12-22(26)19(23)3/h7-8,10-13,16,20H,6,9,14-15,17H2,1-5H3,(H,27,31). The van der Waals surface area contributed by atoms with Gasteiger partial charge in [-0.2, -0.15) is 0 Å². The zero-order valence-corrected chi connectivity index (χ0v) is 22.0. The fourth-order valence-electron chi connectivity index (χ4n) is 3.76. The third-order valence-corrected chi connectivity index (χ3v) is 7.20. The van der Waals surface area contributed by atoms with E-state index in [1.165, 1.54) is 4.31 Å². The minimum atomic E-state index is -3.58. The third-order valence-electron chi connectivity index (χ3n) is 5.61. The highest BCUT2D eigenvalue weighted by molar-refractivity contribution is 7.92. The summed E-state index contributed by atoms with van der Waals surface area (Å²) in [4.78, 5) is 27.3. The first-order valence-corrected chi connectivity index (χ1v) is 13.5. The molecule has 9 heteroatoms. The van der Waals surface area contributed by atoms with E-state index < -0.39 is 16.1 Å². The zero-order valence-electron chi connectivity index (χ0n) is 20.5. The number of carbonyl (C=O) groups excluding carboxylic acids is 2. The van der Waals surface area contributed by atoms with Crippen LogP contribution < -0.4 is 9.62 Å². The highest BCUT2D eigenvalue weighted by atomic mass is 35.5. The molecule has 2 aromatic rings. The minimum Gasteiger partial charge on any atom is -0.355 e. The number of hydrogen-bond acceptors (Lipinski definition) is 4. The molecule has 0 radical (unpaired) electrons. The van der Waals surface area contributed by atoms with Gasteiger partial charge in [0.25, 0.3) is 0 Å². The van der Waals surface area contributed by atoms with E-state index in [0.29, 0.717) is 35.8 Å². The Balaban J connectivity index is 2.19. The number of benzene rings is 2. The van der Waals surface area contributed by atoms with Gasteiger partial charge >= 0.3 is 0 Å². The Labute approximate surface area is 208 Å². The Bertz CT molecular complexity index is 1120. The molecule has 0 fully saturated rings. The molecule has 186 valence electrons. The third kappa shape index (κ3) is 7.46. The van der Waals surface area contributed by atoms with E-state index in [1.54, 1.807) is 36.9 Å². The summed E-state index contributed by atoms with van der Waals surface area (Å²) in [5, 5.41) is 3.25. The van der Waals surface area contributed by atoms with Gasteiger partial charge < -0.3 is 10.2 Å². The number of carbonyl (C=O) groups is 2. The van der Waals surface area contributed by atoms with Crippen LogP contribution in [0, 0.1) is 13.8 Å². The fourth-order valence-corrected chi connectivity index (χ4v) is 4.95. The number of sulfonamides is 1. The lowest BCUT2D eigenvalue weighted by atomic mass is 10.1. The average Bonchev–Trinajstić information content (AvgIpc) is 2.76. The van der Waals surface area contributed by atoms with Crippen molar-refractivity contribution in [2.45, 2.75) is 53.1 Å². The Kier molecular flexibility index (Phi) is 9.94. The number of nitrogens with zero attached hydrogens (tertiary/aromatic N) is 2. The Morgan fingerprint density at radius 3 is 2.41 bits per heavy atom. The molecule has 0 spiro atoms. The van der Waals surface area contributed by atoms with E-state index in [0.717, 1.165) is 17.4 Å². The molecule has 2 amide bonds. The van der Waals surface area contributed by atoms with Gasteiger partial charge in [0.1, 0.15) is 6.04 Å². The summed E-state index contributed by atoms with van der Waals surface area (Å²) in [6, 6.07) is 12.2. The maximum absolute atomic E-state index is 13.2. The fraction of sp³-hybridized carbons (Fsp3) is 0.440. The second kappa shape index (κ2) is 12.2. The number of hydrogen-bond donors (Lipinski definition) is 1. The Morgan fingerprint density at radius 1 is 1.12 bits per heavy atom. The molecule has 34 heavy (non-hydrogen) atoms. The number of nitrogens with one attached hydrogen (secondary N) is 1. The second-order valence-corrected chi connectivity index (χ2v) is 10.7. The molecule has 0 aliphatic rings. The van der Waals surface area contributed by atoms with Crippen LogP contribution in [-0.4, -0.2) is 50.5 Å². The van der Waals surface area contributed by atoms with Crippen LogP contribution in [0.25, 0.3) is 0 Å². The van der Waals surface area contributed by atoms with Gasteiger partial charge in [-0.15, -0.1) is 0 Å². The summed E-state index contributed by atoms with van der Waals surface area (Å²) >= 11 is 6.19. The summed E-state index contributed by atoms with van der Waals surface area (Å²) in [6.07, 6.45) is 1.53. The highest BCUT2D eigenvalue weighted by Crippen LogP contribution is 2.28. The molecule has 1 N–H and O–H groups in total. The number of rotatable bonds is 11. The van der Waals surface area contributed by atoms with Crippen molar-refractivity contribution in [2.75, 3.05) is 23.7 Å².